The van der Waals surface area contributed by atoms with Crippen LogP contribution < -0.4 is 15.4 Å². The number of thiophene rings is 1. The summed E-state index contributed by atoms with van der Waals surface area (Å²) < 4.78 is 5.98. The number of carbonyl (C=O) groups excluding carboxylic acids is 2. The van der Waals surface area contributed by atoms with E-state index in [9.17, 15) is 9.59 Å². The van der Waals surface area contributed by atoms with Gasteiger partial charge in [-0.15, -0.1) is 35.1 Å². The van der Waals surface area contributed by atoms with Crippen LogP contribution in [0.5, 0.6) is 5.75 Å². The zero-order valence-electron chi connectivity index (χ0n) is 17.7. The van der Waals surface area contributed by atoms with Gasteiger partial charge in [-0.05, 0) is 25.2 Å². The molecule has 7 nitrogen and oxygen atoms in total. The maximum Gasteiger partial charge on any atom is 0.284 e. The lowest BCUT2D eigenvalue weighted by molar-refractivity contribution is 0.0954. The second-order valence-corrected chi connectivity index (χ2v) is 10.5. The van der Waals surface area contributed by atoms with E-state index in [0.717, 1.165) is 30.1 Å². The fourth-order valence-electron chi connectivity index (χ4n) is 3.36. The van der Waals surface area contributed by atoms with Crippen LogP contribution in [0.4, 0.5) is 5.69 Å². The monoisotopic (exact) mass is 546 g/mol. The summed E-state index contributed by atoms with van der Waals surface area (Å²) in [6.45, 7) is 1.84. The van der Waals surface area contributed by atoms with Gasteiger partial charge in [0.2, 0.25) is 0 Å². The normalized spacial score (nSPS) is 13.1. The highest BCUT2D eigenvalue weighted by molar-refractivity contribution is 7.18. The summed E-state index contributed by atoms with van der Waals surface area (Å²) in [5.41, 5.74) is 2.03. The number of methoxy groups -OCH3 is 1. The number of amides is 2. The van der Waals surface area contributed by atoms with Crippen LogP contribution in [0.2, 0.25) is 9.36 Å². The minimum atomic E-state index is -0.328. The van der Waals surface area contributed by atoms with Gasteiger partial charge < -0.3 is 20.3 Å². The maximum atomic E-state index is 13.0. The number of hydrogen-bond donors (Lipinski definition) is 2. The van der Waals surface area contributed by atoms with Crippen molar-refractivity contribution in [1.29, 1.82) is 0 Å². The van der Waals surface area contributed by atoms with E-state index in [4.69, 9.17) is 27.9 Å². The predicted molar refractivity (Wildman–Crippen MR) is 136 cm³/mol. The van der Waals surface area contributed by atoms with Gasteiger partial charge in [0.05, 0.1) is 27.7 Å². The third-order valence-corrected chi connectivity index (χ3v) is 7.49. The van der Waals surface area contributed by atoms with Crippen LogP contribution >= 0.6 is 58.3 Å². The van der Waals surface area contributed by atoms with Crippen LogP contribution in [0.3, 0.4) is 0 Å². The van der Waals surface area contributed by atoms with Crippen molar-refractivity contribution < 1.29 is 14.3 Å². The summed E-state index contributed by atoms with van der Waals surface area (Å²) in [6.07, 6.45) is 0.823. The number of nitrogens with zero attached hydrogens (tertiary/aromatic N) is 2. The number of nitrogens with one attached hydrogen (secondary N) is 2. The first-order chi connectivity index (χ1) is 15.3. The number of ether oxygens (including phenoxy) is 1. The van der Waals surface area contributed by atoms with E-state index in [2.05, 4.69) is 20.5 Å². The van der Waals surface area contributed by atoms with Crippen molar-refractivity contribution >= 4 is 75.8 Å². The minimum absolute atomic E-state index is 0. The highest BCUT2D eigenvalue weighted by Gasteiger charge is 2.23. The molecule has 1 aromatic carbocycles. The number of carbonyl (C=O) groups is 2. The number of likely N-dealkylation sites (N-methyl/N-ethyl adjacent to an activating group) is 1. The quantitative estimate of drug-likeness (QED) is 0.448. The Morgan fingerprint density at radius 1 is 1.21 bits per heavy atom. The van der Waals surface area contributed by atoms with Crippen molar-refractivity contribution in [3.05, 3.63) is 59.6 Å². The first-order valence-electron chi connectivity index (χ1n) is 9.72. The molecule has 12 heteroatoms. The van der Waals surface area contributed by atoms with E-state index in [0.29, 0.717) is 36.2 Å². The maximum absolute atomic E-state index is 13.0. The van der Waals surface area contributed by atoms with Crippen LogP contribution in [-0.2, 0) is 19.5 Å². The molecule has 2 amide bonds. The largest absolute Gasteiger partial charge is 0.495 e. The first-order valence-corrected chi connectivity index (χ1v) is 12.1. The van der Waals surface area contributed by atoms with E-state index in [-0.39, 0.29) is 30.8 Å². The number of hydrogen-bond acceptors (Lipinski definition) is 7. The SMILES string of the molecule is COc1cc(Cl)cc(CNC(=O)c2ccc(Cl)s2)c1NC(=O)c1nc2c(s1)CN(C)CC2.Cl. The summed E-state index contributed by atoms with van der Waals surface area (Å²) >= 11 is 14.7. The Morgan fingerprint density at radius 2 is 2.00 bits per heavy atom. The average molecular weight is 548 g/mol. The zero-order chi connectivity index (χ0) is 22.8. The van der Waals surface area contributed by atoms with E-state index in [1.165, 1.54) is 29.8 Å². The van der Waals surface area contributed by atoms with Gasteiger partial charge in [0.15, 0.2) is 5.01 Å². The Labute approximate surface area is 215 Å². The minimum Gasteiger partial charge on any atom is -0.495 e. The topological polar surface area (TPSA) is 83.6 Å². The molecule has 176 valence electrons. The molecule has 0 fully saturated rings. The van der Waals surface area contributed by atoms with Gasteiger partial charge in [-0.1, -0.05) is 23.2 Å². The van der Waals surface area contributed by atoms with Crippen molar-refractivity contribution in [3.8, 4) is 5.75 Å². The van der Waals surface area contributed by atoms with Crippen molar-refractivity contribution in [3.63, 3.8) is 0 Å². The molecule has 1 aliphatic rings. The van der Waals surface area contributed by atoms with Gasteiger partial charge >= 0.3 is 0 Å². The average Bonchev–Trinajstić information content (AvgIpc) is 3.39. The summed E-state index contributed by atoms with van der Waals surface area (Å²) in [6, 6.07) is 6.62. The number of thiazole rings is 1. The molecular formula is C21H21Cl3N4O3S2. The van der Waals surface area contributed by atoms with E-state index in [1.54, 1.807) is 24.3 Å². The van der Waals surface area contributed by atoms with Gasteiger partial charge in [0.1, 0.15) is 5.75 Å². The zero-order valence-corrected chi connectivity index (χ0v) is 21.7. The van der Waals surface area contributed by atoms with Crippen molar-refractivity contribution in [2.75, 3.05) is 26.0 Å². The lowest BCUT2D eigenvalue weighted by atomic mass is 10.1. The summed E-state index contributed by atoms with van der Waals surface area (Å²) in [4.78, 5) is 33.8. The Bertz CT molecular complexity index is 1180. The molecule has 0 unspecified atom stereocenters. The van der Waals surface area contributed by atoms with Gasteiger partial charge in [-0.25, -0.2) is 4.98 Å². The molecule has 2 aromatic heterocycles. The molecule has 3 heterocycles. The summed E-state index contributed by atoms with van der Waals surface area (Å²) in [7, 11) is 3.54. The Hall–Kier alpha value is -1.88. The van der Waals surface area contributed by atoms with Gasteiger partial charge in [-0.2, -0.15) is 0 Å². The first kappa shape index (κ1) is 25.7. The van der Waals surface area contributed by atoms with Crippen molar-refractivity contribution in [2.24, 2.45) is 0 Å². The molecule has 0 spiro atoms. The highest BCUT2D eigenvalue weighted by Crippen LogP contribution is 2.34. The number of aromatic nitrogens is 1. The number of benzene rings is 1. The molecule has 0 aliphatic carbocycles. The van der Waals surface area contributed by atoms with Crippen molar-refractivity contribution in [1.82, 2.24) is 15.2 Å². The summed E-state index contributed by atoms with van der Waals surface area (Å²) in [5, 5.41) is 6.56. The lowest BCUT2D eigenvalue weighted by Gasteiger charge is -2.20. The van der Waals surface area contributed by atoms with Gasteiger partial charge in [0, 0.05) is 47.6 Å². The van der Waals surface area contributed by atoms with Gasteiger partial charge in [0.25, 0.3) is 11.8 Å². The van der Waals surface area contributed by atoms with Crippen LogP contribution in [0.1, 0.15) is 35.6 Å². The highest BCUT2D eigenvalue weighted by atomic mass is 35.5. The molecule has 0 saturated carbocycles. The molecule has 3 aromatic rings. The van der Waals surface area contributed by atoms with Crippen LogP contribution in [0, 0.1) is 0 Å². The molecule has 33 heavy (non-hydrogen) atoms. The molecular weight excluding hydrogens is 527 g/mol. The molecule has 0 bridgehead atoms. The summed E-state index contributed by atoms with van der Waals surface area (Å²) in [5.74, 6) is -0.199. The molecule has 2 N–H and O–H groups in total. The Kier molecular flexibility index (Phi) is 8.60. The van der Waals surface area contributed by atoms with Crippen LogP contribution in [0.25, 0.3) is 0 Å². The second-order valence-electron chi connectivity index (χ2n) is 7.26. The molecule has 1 aliphatic heterocycles. The number of anilines is 1. The predicted octanol–water partition coefficient (Wildman–Crippen LogP) is 5.11. The third kappa shape index (κ3) is 5.98. The van der Waals surface area contributed by atoms with Gasteiger partial charge in [-0.3, -0.25) is 9.59 Å². The smallest absolute Gasteiger partial charge is 0.284 e. The van der Waals surface area contributed by atoms with Crippen molar-refractivity contribution in [2.45, 2.75) is 19.5 Å². The standard InChI is InChI=1S/C21H20Cl2N4O3S2.ClH/c1-27-6-5-13-16(10-27)32-21(25-13)20(29)26-18-11(7-12(22)8-14(18)30-2)9-24-19(28)15-3-4-17(23)31-15;/h3-4,7-8H,5-6,9-10H2,1-2H3,(H,24,28)(H,26,29);1H. The number of fused-ring (bicyclic) bond motifs is 1. The van der Waals surface area contributed by atoms with E-state index in [1.807, 2.05) is 7.05 Å². The molecule has 0 atom stereocenters. The molecule has 0 saturated heterocycles. The van der Waals surface area contributed by atoms with Crippen LogP contribution in [-0.4, -0.2) is 42.4 Å². The fourth-order valence-corrected chi connectivity index (χ4v) is 5.64. The lowest BCUT2D eigenvalue weighted by Crippen LogP contribution is -2.25. The van der Waals surface area contributed by atoms with E-state index >= 15 is 0 Å². The third-order valence-electron chi connectivity index (χ3n) is 4.96. The Morgan fingerprint density at radius 3 is 2.70 bits per heavy atom. The second kappa shape index (κ2) is 11.0. The Balaban J connectivity index is 0.00000306. The fraction of sp³-hybridized carbons (Fsp3) is 0.286. The molecule has 0 radical (unpaired) electrons. The van der Waals surface area contributed by atoms with Crippen LogP contribution in [0.15, 0.2) is 24.3 Å². The number of rotatable bonds is 6. The van der Waals surface area contributed by atoms with E-state index < -0.39 is 0 Å². The molecule has 4 rings (SSSR count). The number of halogens is 3.